The van der Waals surface area contributed by atoms with Crippen LogP contribution < -0.4 is 5.32 Å². The average Bonchev–Trinajstić information content (AvgIpc) is 3.04. The van der Waals surface area contributed by atoms with Gasteiger partial charge in [-0.1, -0.05) is 16.4 Å². The maximum atomic E-state index is 14.0. The second kappa shape index (κ2) is 7.73. The Morgan fingerprint density at radius 1 is 1.44 bits per heavy atom. The summed E-state index contributed by atoms with van der Waals surface area (Å²) < 4.78 is 55.4. The van der Waals surface area contributed by atoms with E-state index in [2.05, 4.69) is 30.0 Å². The number of hydrogen-bond donors (Lipinski definition) is 1. The number of rotatable bonds is 6. The molecule has 0 fully saturated rings. The Morgan fingerprint density at radius 3 is 2.80 bits per heavy atom. The van der Waals surface area contributed by atoms with E-state index in [9.17, 15) is 22.4 Å². The molecule has 2 aromatic rings. The van der Waals surface area contributed by atoms with Crippen LogP contribution in [-0.2, 0) is 11.0 Å². The molecule has 0 saturated carbocycles. The molecule has 0 bridgehead atoms. The van der Waals surface area contributed by atoms with Crippen LogP contribution in [0.3, 0.4) is 0 Å². The fraction of sp³-hybridized carbons (Fsp3) is 0.286. The van der Waals surface area contributed by atoms with E-state index in [0.717, 1.165) is 12.1 Å². The van der Waals surface area contributed by atoms with Crippen molar-refractivity contribution in [2.24, 2.45) is 5.16 Å². The fourth-order valence-electron chi connectivity index (χ4n) is 1.77. The van der Waals surface area contributed by atoms with Gasteiger partial charge >= 0.3 is 12.1 Å². The van der Waals surface area contributed by atoms with Crippen molar-refractivity contribution in [1.82, 2.24) is 15.5 Å². The minimum absolute atomic E-state index is 0.0551. The molecule has 1 N–H and O–H groups in total. The highest BCUT2D eigenvalue weighted by Gasteiger charge is 2.38. The normalized spacial score (nSPS) is 11.7. The van der Waals surface area contributed by atoms with E-state index in [1.807, 2.05) is 0 Å². The quantitative estimate of drug-likeness (QED) is 0.370. The molecule has 1 heterocycles. The average molecular weight is 360 g/mol. The summed E-state index contributed by atoms with van der Waals surface area (Å²) in [6.07, 6.45) is -2.99. The van der Waals surface area contributed by atoms with E-state index >= 15 is 0 Å². The number of oxime groups is 1. The molecule has 2 rings (SSSR count). The summed E-state index contributed by atoms with van der Waals surface area (Å²) in [5.41, 5.74) is -0.326. The van der Waals surface area contributed by atoms with Crippen LogP contribution in [0, 0.1) is 5.82 Å². The summed E-state index contributed by atoms with van der Waals surface area (Å²) in [4.78, 5) is 19.4. The summed E-state index contributed by atoms with van der Waals surface area (Å²) in [5, 5.41) is 9.07. The topological polar surface area (TPSA) is 89.6 Å². The molecular weight excluding hydrogens is 348 g/mol. The van der Waals surface area contributed by atoms with Gasteiger partial charge in [0.15, 0.2) is 0 Å². The van der Waals surface area contributed by atoms with Crippen molar-refractivity contribution in [2.45, 2.75) is 12.6 Å². The molecule has 0 aliphatic heterocycles. The zero-order valence-electron chi connectivity index (χ0n) is 12.8. The van der Waals surface area contributed by atoms with Gasteiger partial charge in [-0.2, -0.15) is 18.2 Å². The number of nitrogens with zero attached hydrogens (tertiary/aromatic N) is 3. The second-order valence-electron chi connectivity index (χ2n) is 4.63. The number of nitrogens with one attached hydrogen (secondary N) is 1. The van der Waals surface area contributed by atoms with Gasteiger partial charge in [0, 0.05) is 24.7 Å². The maximum Gasteiger partial charge on any atom is 0.471 e. The third-order valence-corrected chi connectivity index (χ3v) is 2.88. The second-order valence-corrected chi connectivity index (χ2v) is 4.63. The molecule has 0 atom stereocenters. The summed E-state index contributed by atoms with van der Waals surface area (Å²) in [5.74, 6) is -3.59. The van der Waals surface area contributed by atoms with Crippen molar-refractivity contribution >= 4 is 12.1 Å². The largest absolute Gasteiger partial charge is 0.471 e. The number of aromatic nitrogens is 2. The van der Waals surface area contributed by atoms with Gasteiger partial charge in [0.2, 0.25) is 5.82 Å². The van der Waals surface area contributed by atoms with Gasteiger partial charge in [-0.05, 0) is 12.1 Å². The van der Waals surface area contributed by atoms with Gasteiger partial charge < -0.3 is 14.7 Å². The molecule has 0 spiro atoms. The van der Waals surface area contributed by atoms with Crippen molar-refractivity contribution in [3.05, 3.63) is 35.5 Å². The third-order valence-electron chi connectivity index (χ3n) is 2.88. The van der Waals surface area contributed by atoms with Crippen LogP contribution in [0.1, 0.15) is 22.7 Å². The molecular formula is C14H12F4N4O3. The Hall–Kier alpha value is -2.98. The van der Waals surface area contributed by atoms with E-state index in [0.29, 0.717) is 6.42 Å². The van der Waals surface area contributed by atoms with Gasteiger partial charge in [-0.15, -0.1) is 0 Å². The minimum Gasteiger partial charge on any atom is -0.399 e. The molecule has 134 valence electrons. The van der Waals surface area contributed by atoms with Gasteiger partial charge in [-0.25, -0.2) is 4.39 Å². The van der Waals surface area contributed by atoms with Crippen molar-refractivity contribution in [2.75, 3.05) is 13.7 Å². The lowest BCUT2D eigenvalue weighted by atomic mass is 10.1. The highest BCUT2D eigenvalue weighted by molar-refractivity contribution is 5.95. The fourth-order valence-corrected chi connectivity index (χ4v) is 1.77. The van der Waals surface area contributed by atoms with E-state index in [1.54, 1.807) is 0 Å². The van der Waals surface area contributed by atoms with E-state index < -0.39 is 29.6 Å². The van der Waals surface area contributed by atoms with Crippen LogP contribution >= 0.6 is 0 Å². The van der Waals surface area contributed by atoms with E-state index in [1.165, 1.54) is 19.4 Å². The molecule has 1 aromatic heterocycles. The highest BCUT2D eigenvalue weighted by Crippen LogP contribution is 2.29. The van der Waals surface area contributed by atoms with Crippen LogP contribution in [-0.4, -0.2) is 35.9 Å². The summed E-state index contributed by atoms with van der Waals surface area (Å²) >= 11 is 0. The first kappa shape index (κ1) is 18.4. The molecule has 1 amide bonds. The molecule has 0 unspecified atom stereocenters. The first-order valence-corrected chi connectivity index (χ1v) is 6.87. The summed E-state index contributed by atoms with van der Waals surface area (Å²) in [6, 6.07) is 3.19. The number of alkyl halides is 3. The van der Waals surface area contributed by atoms with Crippen molar-refractivity contribution in [3.63, 3.8) is 0 Å². The summed E-state index contributed by atoms with van der Waals surface area (Å²) in [7, 11) is 1.37. The Labute approximate surface area is 138 Å². The monoisotopic (exact) mass is 360 g/mol. The van der Waals surface area contributed by atoms with Crippen LogP contribution in [0.4, 0.5) is 17.6 Å². The van der Waals surface area contributed by atoms with Crippen LogP contribution in [0.15, 0.2) is 27.9 Å². The predicted molar refractivity (Wildman–Crippen MR) is 77.1 cm³/mol. The number of hydrogen-bond acceptors (Lipinski definition) is 6. The van der Waals surface area contributed by atoms with Crippen molar-refractivity contribution < 1.29 is 31.7 Å². The highest BCUT2D eigenvalue weighted by atomic mass is 19.4. The third kappa shape index (κ3) is 4.75. The smallest absolute Gasteiger partial charge is 0.399 e. The first-order valence-electron chi connectivity index (χ1n) is 6.87. The Kier molecular flexibility index (Phi) is 5.67. The van der Waals surface area contributed by atoms with Crippen molar-refractivity contribution in [3.8, 4) is 11.4 Å². The van der Waals surface area contributed by atoms with Gasteiger partial charge in [0.25, 0.3) is 5.91 Å². The minimum atomic E-state index is -4.80. The van der Waals surface area contributed by atoms with Gasteiger partial charge in [0.1, 0.15) is 12.9 Å². The Morgan fingerprint density at radius 2 is 2.20 bits per heavy atom. The Balaban J connectivity index is 2.08. The molecule has 0 saturated heterocycles. The van der Waals surface area contributed by atoms with Crippen LogP contribution in [0.2, 0.25) is 0 Å². The molecule has 1 aromatic carbocycles. The van der Waals surface area contributed by atoms with Gasteiger partial charge in [0.05, 0.1) is 5.56 Å². The van der Waals surface area contributed by atoms with Crippen LogP contribution in [0.25, 0.3) is 11.4 Å². The van der Waals surface area contributed by atoms with E-state index in [-0.39, 0.29) is 17.7 Å². The molecule has 11 heteroatoms. The molecule has 7 nitrogen and oxygen atoms in total. The number of amides is 1. The number of benzene rings is 1. The predicted octanol–water partition coefficient (Wildman–Crippen LogP) is 2.65. The number of carbonyl (C=O) groups excluding carboxylic acids is 1. The van der Waals surface area contributed by atoms with Gasteiger partial charge in [-0.3, -0.25) is 4.79 Å². The van der Waals surface area contributed by atoms with E-state index in [4.69, 9.17) is 0 Å². The lowest BCUT2D eigenvalue weighted by Crippen LogP contribution is -2.25. The SMILES string of the molecule is CON=CCCNC(=O)c1ccc(-c2noc(C(F)(F)F)n2)cc1F. The lowest BCUT2D eigenvalue weighted by Gasteiger charge is -2.05. The molecule has 25 heavy (non-hydrogen) atoms. The lowest BCUT2D eigenvalue weighted by molar-refractivity contribution is -0.159. The number of halogens is 4. The molecule has 0 aliphatic rings. The van der Waals surface area contributed by atoms with Crippen molar-refractivity contribution in [1.29, 1.82) is 0 Å². The standard InChI is InChI=1S/C14H12F4N4O3/c1-24-20-6-2-5-19-12(23)9-4-3-8(7-10(9)15)11-21-13(25-22-11)14(16,17)18/h3-4,6-7H,2,5H2,1H3,(H,19,23). The molecule has 0 aliphatic carbocycles. The number of carbonyl (C=O) groups is 1. The summed E-state index contributed by atoms with van der Waals surface area (Å²) in [6.45, 7) is 0.201. The zero-order chi connectivity index (χ0) is 18.4. The zero-order valence-corrected chi connectivity index (χ0v) is 12.8. The first-order chi connectivity index (χ1) is 11.8. The molecule has 0 radical (unpaired) electrons. The van der Waals surface area contributed by atoms with Crippen LogP contribution in [0.5, 0.6) is 0 Å². The maximum absolute atomic E-state index is 14.0. The Bertz CT molecular complexity index is 774.